The Kier molecular flexibility index (Phi) is 4.51. The van der Waals surface area contributed by atoms with Gasteiger partial charge in [-0.15, -0.1) is 0 Å². The van der Waals surface area contributed by atoms with Crippen LogP contribution < -0.4 is 0 Å². The van der Waals surface area contributed by atoms with E-state index in [1.165, 1.54) is 60.1 Å². The van der Waals surface area contributed by atoms with Crippen LogP contribution in [0.15, 0.2) is 115 Å². The predicted octanol–water partition coefficient (Wildman–Crippen LogP) is 9.04. The number of benzene rings is 6. The van der Waals surface area contributed by atoms with Crippen LogP contribution in [0.1, 0.15) is 12.5 Å². The molecule has 0 nitrogen and oxygen atoms in total. The SMILES string of the molecule is CCc1cccc2c(-c3cccc4ccccc34)ccc(-c3cccc4ccccc34)c12. The quantitative estimate of drug-likeness (QED) is 0.274. The van der Waals surface area contributed by atoms with Gasteiger partial charge >= 0.3 is 0 Å². The van der Waals surface area contributed by atoms with Crippen LogP contribution >= 0.6 is 0 Å². The summed E-state index contributed by atoms with van der Waals surface area (Å²) in [5.74, 6) is 0. The lowest BCUT2D eigenvalue weighted by atomic mass is 9.86. The Morgan fingerprint density at radius 2 is 0.875 bits per heavy atom. The van der Waals surface area contributed by atoms with Crippen molar-refractivity contribution in [3.05, 3.63) is 121 Å². The summed E-state index contributed by atoms with van der Waals surface area (Å²) in [6.07, 6.45) is 1.01. The molecule has 32 heavy (non-hydrogen) atoms. The zero-order valence-electron chi connectivity index (χ0n) is 18.2. The minimum atomic E-state index is 1.01. The minimum Gasteiger partial charge on any atom is -0.0616 e. The Morgan fingerprint density at radius 3 is 1.53 bits per heavy atom. The van der Waals surface area contributed by atoms with Gasteiger partial charge in [-0.05, 0) is 66.6 Å². The summed E-state index contributed by atoms with van der Waals surface area (Å²) < 4.78 is 0. The van der Waals surface area contributed by atoms with Crippen LogP contribution in [0.2, 0.25) is 0 Å². The second-order valence-electron chi connectivity index (χ2n) is 8.41. The normalized spacial score (nSPS) is 11.4. The number of hydrogen-bond acceptors (Lipinski definition) is 0. The van der Waals surface area contributed by atoms with Crippen molar-refractivity contribution in [2.24, 2.45) is 0 Å². The van der Waals surface area contributed by atoms with Crippen molar-refractivity contribution in [2.75, 3.05) is 0 Å². The summed E-state index contributed by atoms with van der Waals surface area (Å²) in [4.78, 5) is 0. The molecular formula is C32H24. The van der Waals surface area contributed by atoms with Crippen LogP contribution in [0.4, 0.5) is 0 Å². The van der Waals surface area contributed by atoms with E-state index in [-0.39, 0.29) is 0 Å². The largest absolute Gasteiger partial charge is 0.0616 e. The zero-order valence-corrected chi connectivity index (χ0v) is 18.2. The van der Waals surface area contributed by atoms with Crippen molar-refractivity contribution >= 4 is 32.3 Å². The molecule has 0 atom stereocenters. The number of rotatable bonds is 3. The molecule has 6 rings (SSSR count). The first-order chi connectivity index (χ1) is 15.8. The van der Waals surface area contributed by atoms with Gasteiger partial charge in [0, 0.05) is 0 Å². The van der Waals surface area contributed by atoms with Gasteiger partial charge in [-0.1, -0.05) is 122 Å². The molecule has 0 unspecified atom stereocenters. The van der Waals surface area contributed by atoms with E-state index in [0.717, 1.165) is 6.42 Å². The Hall–Kier alpha value is -3.90. The maximum atomic E-state index is 2.33. The number of hydrogen-bond donors (Lipinski definition) is 0. The first-order valence-electron chi connectivity index (χ1n) is 11.4. The Labute approximate surface area is 188 Å². The molecule has 0 aliphatic heterocycles. The Morgan fingerprint density at radius 1 is 0.406 bits per heavy atom. The van der Waals surface area contributed by atoms with Gasteiger partial charge < -0.3 is 0 Å². The molecule has 0 amide bonds. The van der Waals surface area contributed by atoms with E-state index in [9.17, 15) is 0 Å². The van der Waals surface area contributed by atoms with E-state index in [4.69, 9.17) is 0 Å². The highest BCUT2D eigenvalue weighted by Gasteiger charge is 2.15. The summed E-state index contributed by atoms with van der Waals surface area (Å²) >= 11 is 0. The lowest BCUT2D eigenvalue weighted by Crippen LogP contribution is -1.92. The molecule has 6 aromatic carbocycles. The summed E-state index contributed by atoms with van der Waals surface area (Å²) in [6, 6.07) is 42.1. The zero-order chi connectivity index (χ0) is 21.5. The van der Waals surface area contributed by atoms with Gasteiger partial charge in [-0.3, -0.25) is 0 Å². The van der Waals surface area contributed by atoms with Gasteiger partial charge in [-0.25, -0.2) is 0 Å². The topological polar surface area (TPSA) is 0 Å². The van der Waals surface area contributed by atoms with E-state index < -0.39 is 0 Å². The summed E-state index contributed by atoms with van der Waals surface area (Å²) in [6.45, 7) is 2.26. The van der Waals surface area contributed by atoms with Crippen molar-refractivity contribution in [2.45, 2.75) is 13.3 Å². The maximum absolute atomic E-state index is 2.33. The second-order valence-corrected chi connectivity index (χ2v) is 8.41. The van der Waals surface area contributed by atoms with Gasteiger partial charge in [0.25, 0.3) is 0 Å². The Balaban J connectivity index is 1.72. The van der Waals surface area contributed by atoms with Crippen LogP contribution in [0, 0.1) is 0 Å². The van der Waals surface area contributed by atoms with E-state index in [1.807, 2.05) is 0 Å². The molecule has 0 fully saturated rings. The fourth-order valence-electron chi connectivity index (χ4n) is 5.16. The monoisotopic (exact) mass is 408 g/mol. The van der Waals surface area contributed by atoms with Crippen LogP contribution in [0.3, 0.4) is 0 Å². The van der Waals surface area contributed by atoms with Crippen molar-refractivity contribution < 1.29 is 0 Å². The third-order valence-electron chi connectivity index (χ3n) is 6.67. The highest BCUT2D eigenvalue weighted by molar-refractivity contribution is 6.13. The first kappa shape index (κ1) is 18.8. The molecule has 0 aliphatic carbocycles. The molecular weight excluding hydrogens is 384 g/mol. The van der Waals surface area contributed by atoms with E-state index in [0.29, 0.717) is 0 Å². The van der Waals surface area contributed by atoms with Crippen molar-refractivity contribution in [3.63, 3.8) is 0 Å². The van der Waals surface area contributed by atoms with Gasteiger partial charge in [0.05, 0.1) is 0 Å². The van der Waals surface area contributed by atoms with Crippen molar-refractivity contribution in [3.8, 4) is 22.3 Å². The average Bonchev–Trinajstić information content (AvgIpc) is 2.87. The molecule has 0 bridgehead atoms. The molecule has 0 saturated carbocycles. The lowest BCUT2D eigenvalue weighted by molar-refractivity contribution is 1.16. The van der Waals surface area contributed by atoms with Gasteiger partial charge in [0.1, 0.15) is 0 Å². The summed E-state index contributed by atoms with van der Waals surface area (Å²) in [7, 11) is 0. The fourth-order valence-corrected chi connectivity index (χ4v) is 5.16. The molecule has 152 valence electrons. The second kappa shape index (κ2) is 7.66. The van der Waals surface area contributed by atoms with E-state index in [1.54, 1.807) is 0 Å². The summed E-state index contributed by atoms with van der Waals surface area (Å²) in [5, 5.41) is 7.87. The third-order valence-corrected chi connectivity index (χ3v) is 6.67. The van der Waals surface area contributed by atoms with Crippen molar-refractivity contribution in [1.29, 1.82) is 0 Å². The van der Waals surface area contributed by atoms with Crippen molar-refractivity contribution in [1.82, 2.24) is 0 Å². The first-order valence-corrected chi connectivity index (χ1v) is 11.4. The number of aryl methyl sites for hydroxylation is 1. The van der Waals surface area contributed by atoms with Crippen LogP contribution in [0.25, 0.3) is 54.6 Å². The van der Waals surface area contributed by atoms with E-state index in [2.05, 4.69) is 122 Å². The Bertz CT molecular complexity index is 1590. The van der Waals surface area contributed by atoms with Crippen LogP contribution in [-0.4, -0.2) is 0 Å². The van der Waals surface area contributed by atoms with Crippen LogP contribution in [-0.2, 0) is 6.42 Å². The molecule has 0 saturated heterocycles. The van der Waals surface area contributed by atoms with E-state index >= 15 is 0 Å². The molecule has 0 spiro atoms. The molecule has 0 aliphatic rings. The molecule has 0 heterocycles. The summed E-state index contributed by atoms with van der Waals surface area (Å²) in [5.41, 5.74) is 6.62. The molecule has 0 radical (unpaired) electrons. The predicted molar refractivity (Wildman–Crippen MR) is 139 cm³/mol. The third kappa shape index (κ3) is 2.92. The van der Waals surface area contributed by atoms with Gasteiger partial charge in [0.15, 0.2) is 0 Å². The fraction of sp³-hybridized carbons (Fsp3) is 0.0625. The van der Waals surface area contributed by atoms with Gasteiger partial charge in [0.2, 0.25) is 0 Å². The maximum Gasteiger partial charge on any atom is -0.00670 e. The molecule has 0 N–H and O–H groups in total. The number of fused-ring (bicyclic) bond motifs is 3. The van der Waals surface area contributed by atoms with Crippen LogP contribution in [0.5, 0.6) is 0 Å². The van der Waals surface area contributed by atoms with Gasteiger partial charge in [-0.2, -0.15) is 0 Å². The highest BCUT2D eigenvalue weighted by atomic mass is 14.2. The molecule has 6 aromatic rings. The smallest absolute Gasteiger partial charge is 0.00670 e. The lowest BCUT2D eigenvalue weighted by Gasteiger charge is -2.17. The average molecular weight is 409 g/mol. The molecule has 0 heteroatoms. The highest BCUT2D eigenvalue weighted by Crippen LogP contribution is 2.41. The molecule has 0 aromatic heterocycles. The minimum absolute atomic E-state index is 1.01. The standard InChI is InChI=1S/C32H24/c1-2-22-12-7-19-30-29(27-17-8-13-23-10-3-5-15-25(23)27)20-21-31(32(22)30)28-18-9-14-24-11-4-6-16-26(24)28/h3-21H,2H2,1H3.